The van der Waals surface area contributed by atoms with E-state index < -0.39 is 0 Å². The van der Waals surface area contributed by atoms with Crippen LogP contribution >= 0.6 is 0 Å². The molecule has 0 spiro atoms. The molecule has 5 nitrogen and oxygen atoms in total. The number of hydrogen-bond donors (Lipinski definition) is 2. The molecule has 1 aromatic carbocycles. The lowest BCUT2D eigenvalue weighted by Crippen LogP contribution is -2.62. The van der Waals surface area contributed by atoms with Crippen molar-refractivity contribution in [1.29, 1.82) is 0 Å². The van der Waals surface area contributed by atoms with Gasteiger partial charge < -0.3 is 15.4 Å². The molecule has 0 aliphatic carbocycles. The molecule has 2 N–H and O–H groups in total. The summed E-state index contributed by atoms with van der Waals surface area (Å²) in [7, 11) is 0. The molecule has 1 aliphatic heterocycles. The first kappa shape index (κ1) is 19.4. The number of piperidine rings is 1. The smallest absolute Gasteiger partial charge is 0.251 e. The van der Waals surface area contributed by atoms with E-state index in [2.05, 4.69) is 43.3 Å². The monoisotopic (exact) mass is 367 g/mol. The van der Waals surface area contributed by atoms with Gasteiger partial charge in [-0.3, -0.25) is 9.78 Å². The van der Waals surface area contributed by atoms with E-state index in [1.165, 1.54) is 0 Å². The van der Waals surface area contributed by atoms with Crippen LogP contribution in [0.25, 0.3) is 0 Å². The number of nitrogens with one attached hydrogen (secondary N) is 2. The summed E-state index contributed by atoms with van der Waals surface area (Å²) in [5.41, 5.74) is 1.47. The zero-order valence-electron chi connectivity index (χ0n) is 16.8. The summed E-state index contributed by atoms with van der Waals surface area (Å²) in [6.07, 6.45) is 3.55. The van der Waals surface area contributed by atoms with Gasteiger partial charge in [-0.05, 0) is 83.9 Å². The molecule has 0 bridgehead atoms. The van der Waals surface area contributed by atoms with Crippen LogP contribution in [0.2, 0.25) is 0 Å². The summed E-state index contributed by atoms with van der Waals surface area (Å²) in [6.45, 7) is 10.6. The Balaban J connectivity index is 1.65. The van der Waals surface area contributed by atoms with E-state index in [4.69, 9.17) is 4.74 Å². The number of amides is 1. The first-order valence-corrected chi connectivity index (χ1v) is 9.43. The van der Waals surface area contributed by atoms with E-state index >= 15 is 0 Å². The third-order valence-electron chi connectivity index (χ3n) is 4.83. The number of benzene rings is 1. The highest BCUT2D eigenvalue weighted by atomic mass is 16.5. The van der Waals surface area contributed by atoms with Crippen LogP contribution in [0.3, 0.4) is 0 Å². The van der Waals surface area contributed by atoms with E-state index in [1.54, 1.807) is 18.3 Å². The topological polar surface area (TPSA) is 63.2 Å². The van der Waals surface area contributed by atoms with Crippen LogP contribution in [0.1, 0.15) is 56.6 Å². The summed E-state index contributed by atoms with van der Waals surface area (Å²) < 4.78 is 5.85. The maximum atomic E-state index is 12.7. The lowest BCUT2D eigenvalue weighted by molar-refractivity contribution is 0.0873. The number of aryl methyl sites for hydroxylation is 1. The molecule has 0 unspecified atom stereocenters. The van der Waals surface area contributed by atoms with Gasteiger partial charge in [-0.25, -0.2) is 0 Å². The first-order chi connectivity index (χ1) is 12.6. The van der Waals surface area contributed by atoms with Gasteiger partial charge in [-0.1, -0.05) is 0 Å². The van der Waals surface area contributed by atoms with Crippen LogP contribution in [0.4, 0.5) is 0 Å². The van der Waals surface area contributed by atoms with Gasteiger partial charge >= 0.3 is 0 Å². The zero-order valence-corrected chi connectivity index (χ0v) is 16.8. The summed E-state index contributed by atoms with van der Waals surface area (Å²) in [5, 5.41) is 6.83. The van der Waals surface area contributed by atoms with Gasteiger partial charge in [0.25, 0.3) is 5.91 Å². The third kappa shape index (κ3) is 5.07. The first-order valence-electron chi connectivity index (χ1n) is 9.43. The van der Waals surface area contributed by atoms with E-state index in [0.29, 0.717) is 17.1 Å². The van der Waals surface area contributed by atoms with E-state index in [1.807, 2.05) is 31.2 Å². The van der Waals surface area contributed by atoms with E-state index in [-0.39, 0.29) is 23.0 Å². The maximum Gasteiger partial charge on any atom is 0.251 e. The lowest BCUT2D eigenvalue weighted by Gasteiger charge is -2.46. The molecule has 27 heavy (non-hydrogen) atoms. The third-order valence-corrected chi connectivity index (χ3v) is 4.83. The van der Waals surface area contributed by atoms with Crippen molar-refractivity contribution < 1.29 is 9.53 Å². The average molecular weight is 367 g/mol. The van der Waals surface area contributed by atoms with Crippen molar-refractivity contribution in [2.24, 2.45) is 0 Å². The van der Waals surface area contributed by atoms with Crippen LogP contribution in [0, 0.1) is 6.92 Å². The second-order valence-electron chi connectivity index (χ2n) is 8.68. The molecule has 2 heterocycles. The molecule has 144 valence electrons. The van der Waals surface area contributed by atoms with Gasteiger partial charge in [-0.2, -0.15) is 0 Å². The van der Waals surface area contributed by atoms with Crippen molar-refractivity contribution >= 4 is 5.91 Å². The van der Waals surface area contributed by atoms with Gasteiger partial charge in [0.05, 0.1) is 5.69 Å². The molecular formula is C22H29N3O2. The summed E-state index contributed by atoms with van der Waals surface area (Å²) in [4.78, 5) is 16.9. The number of ether oxygens (including phenoxy) is 1. The molecule has 1 saturated heterocycles. The number of aromatic nitrogens is 1. The van der Waals surface area contributed by atoms with Gasteiger partial charge in [0.15, 0.2) is 0 Å². The van der Waals surface area contributed by atoms with Crippen LogP contribution < -0.4 is 15.4 Å². The Kier molecular flexibility index (Phi) is 5.24. The van der Waals surface area contributed by atoms with Crippen LogP contribution in [-0.2, 0) is 0 Å². The molecule has 3 rings (SSSR count). The normalized spacial score (nSPS) is 18.7. The van der Waals surface area contributed by atoms with Crippen molar-refractivity contribution in [3.63, 3.8) is 0 Å². The fourth-order valence-corrected chi connectivity index (χ4v) is 4.07. The minimum absolute atomic E-state index is 0.00102. The SMILES string of the molecule is Cc1ncccc1Oc1ccc(C(=O)NC2CC(C)(C)NC(C)(C)C2)cc1. The Labute approximate surface area is 161 Å². The van der Waals surface area contributed by atoms with Crippen LogP contribution in [-0.4, -0.2) is 28.0 Å². The minimum Gasteiger partial charge on any atom is -0.455 e. The predicted octanol–water partition coefficient (Wildman–Crippen LogP) is 4.22. The Hall–Kier alpha value is -2.40. The minimum atomic E-state index is -0.0439. The Morgan fingerprint density at radius 1 is 1.11 bits per heavy atom. The lowest BCUT2D eigenvalue weighted by atomic mass is 9.79. The zero-order chi connectivity index (χ0) is 19.7. The Morgan fingerprint density at radius 3 is 2.33 bits per heavy atom. The molecule has 0 radical (unpaired) electrons. The highest BCUT2D eigenvalue weighted by Crippen LogP contribution is 2.29. The molecule has 1 fully saturated rings. The Morgan fingerprint density at radius 2 is 1.74 bits per heavy atom. The Bertz CT molecular complexity index is 797. The summed E-state index contributed by atoms with van der Waals surface area (Å²) in [6, 6.07) is 11.1. The van der Waals surface area contributed by atoms with Crippen molar-refractivity contribution in [1.82, 2.24) is 15.6 Å². The number of pyridine rings is 1. The molecule has 0 atom stereocenters. The second-order valence-corrected chi connectivity index (χ2v) is 8.68. The number of hydrogen-bond acceptors (Lipinski definition) is 4. The summed E-state index contributed by atoms with van der Waals surface area (Å²) in [5.74, 6) is 1.36. The molecule has 1 aliphatic rings. The molecule has 2 aromatic rings. The molecule has 5 heteroatoms. The number of carbonyl (C=O) groups is 1. The van der Waals surface area contributed by atoms with Crippen molar-refractivity contribution in [2.75, 3.05) is 0 Å². The fourth-order valence-electron chi connectivity index (χ4n) is 4.07. The van der Waals surface area contributed by atoms with Gasteiger partial charge in [0.1, 0.15) is 11.5 Å². The highest BCUT2D eigenvalue weighted by molar-refractivity contribution is 5.94. The summed E-state index contributed by atoms with van der Waals surface area (Å²) >= 11 is 0. The van der Waals surface area contributed by atoms with Gasteiger partial charge in [0.2, 0.25) is 0 Å². The maximum absolute atomic E-state index is 12.7. The predicted molar refractivity (Wildman–Crippen MR) is 107 cm³/mol. The number of rotatable bonds is 4. The molecule has 1 amide bonds. The van der Waals surface area contributed by atoms with Crippen molar-refractivity contribution in [2.45, 2.75) is 64.6 Å². The number of carbonyl (C=O) groups excluding carboxylic acids is 1. The fraction of sp³-hybridized carbons (Fsp3) is 0.455. The van der Waals surface area contributed by atoms with Crippen molar-refractivity contribution in [3.8, 4) is 11.5 Å². The van der Waals surface area contributed by atoms with Gasteiger partial charge in [-0.15, -0.1) is 0 Å². The number of nitrogens with zero attached hydrogens (tertiary/aromatic N) is 1. The van der Waals surface area contributed by atoms with E-state index in [9.17, 15) is 4.79 Å². The van der Waals surface area contributed by atoms with E-state index in [0.717, 1.165) is 18.5 Å². The van der Waals surface area contributed by atoms with Crippen LogP contribution in [0.5, 0.6) is 11.5 Å². The van der Waals surface area contributed by atoms with Crippen molar-refractivity contribution in [3.05, 3.63) is 53.9 Å². The average Bonchev–Trinajstić information content (AvgIpc) is 2.54. The molecule has 1 aromatic heterocycles. The molecular weight excluding hydrogens is 338 g/mol. The standard InChI is InChI=1S/C22H29N3O2/c1-15-19(7-6-12-23-15)27-18-10-8-16(9-11-18)20(26)24-17-13-21(2,3)25-22(4,5)14-17/h6-12,17,25H,13-14H2,1-5H3,(H,24,26). The largest absolute Gasteiger partial charge is 0.455 e. The highest BCUT2D eigenvalue weighted by Gasteiger charge is 2.38. The van der Waals surface area contributed by atoms with Gasteiger partial charge in [0, 0.05) is 28.9 Å². The van der Waals surface area contributed by atoms with Crippen LogP contribution in [0.15, 0.2) is 42.6 Å². The quantitative estimate of drug-likeness (QED) is 0.849. The second kappa shape index (κ2) is 7.31. The molecule has 0 saturated carbocycles.